The van der Waals surface area contributed by atoms with Crippen LogP contribution in [0, 0.1) is 0 Å². The predicted molar refractivity (Wildman–Crippen MR) is 49.2 cm³/mol. The van der Waals surface area contributed by atoms with E-state index in [1.165, 1.54) is 0 Å². The molecule has 3 aromatic rings. The maximum Gasteiger partial charge on any atom is 0.109 e. The number of rotatable bonds is 0. The molecule has 0 saturated heterocycles. The van der Waals surface area contributed by atoms with Crippen LogP contribution in [-0.4, -0.2) is 20.2 Å². The van der Waals surface area contributed by atoms with Crippen molar-refractivity contribution in [3.05, 3.63) is 30.9 Å². The summed E-state index contributed by atoms with van der Waals surface area (Å²) >= 11 is 0. The molecule has 62 valence electrons. The Morgan fingerprint density at radius 1 is 1.15 bits per heavy atom. The van der Waals surface area contributed by atoms with Crippen molar-refractivity contribution >= 4 is 21.8 Å². The second-order valence-corrected chi connectivity index (χ2v) is 2.85. The SMILES string of the molecule is c1cc2c(cn1)cnc1cn[nH]c12. The molecule has 0 aliphatic rings. The van der Waals surface area contributed by atoms with Crippen molar-refractivity contribution in [3.63, 3.8) is 0 Å². The summed E-state index contributed by atoms with van der Waals surface area (Å²) in [4.78, 5) is 8.27. The van der Waals surface area contributed by atoms with Crippen molar-refractivity contribution in [2.24, 2.45) is 0 Å². The third-order valence-corrected chi connectivity index (χ3v) is 2.08. The average molecular weight is 170 g/mol. The highest BCUT2D eigenvalue weighted by Gasteiger charge is 2.01. The van der Waals surface area contributed by atoms with E-state index in [-0.39, 0.29) is 0 Å². The van der Waals surface area contributed by atoms with Crippen LogP contribution in [0.2, 0.25) is 0 Å². The highest BCUT2D eigenvalue weighted by Crippen LogP contribution is 2.19. The van der Waals surface area contributed by atoms with Crippen LogP contribution in [-0.2, 0) is 0 Å². The molecule has 3 aromatic heterocycles. The molecule has 0 spiro atoms. The molecule has 0 bridgehead atoms. The van der Waals surface area contributed by atoms with Crippen LogP contribution >= 0.6 is 0 Å². The maximum absolute atomic E-state index is 4.24. The average Bonchev–Trinajstić information content (AvgIpc) is 2.65. The third-order valence-electron chi connectivity index (χ3n) is 2.08. The second-order valence-electron chi connectivity index (χ2n) is 2.85. The van der Waals surface area contributed by atoms with Gasteiger partial charge in [-0.1, -0.05) is 0 Å². The fraction of sp³-hybridized carbons (Fsp3) is 0. The van der Waals surface area contributed by atoms with E-state index in [2.05, 4.69) is 20.2 Å². The molecule has 4 nitrogen and oxygen atoms in total. The van der Waals surface area contributed by atoms with E-state index in [1.807, 2.05) is 6.07 Å². The van der Waals surface area contributed by atoms with Crippen LogP contribution in [0.25, 0.3) is 21.8 Å². The van der Waals surface area contributed by atoms with E-state index < -0.39 is 0 Å². The predicted octanol–water partition coefficient (Wildman–Crippen LogP) is 1.51. The molecule has 0 aliphatic heterocycles. The number of fused-ring (bicyclic) bond motifs is 3. The number of aromatic nitrogens is 4. The van der Waals surface area contributed by atoms with Crippen LogP contribution in [0.1, 0.15) is 0 Å². The van der Waals surface area contributed by atoms with Crippen LogP contribution < -0.4 is 0 Å². The summed E-state index contributed by atoms with van der Waals surface area (Å²) in [5, 5.41) is 9.00. The first kappa shape index (κ1) is 6.54. The van der Waals surface area contributed by atoms with Gasteiger partial charge >= 0.3 is 0 Å². The van der Waals surface area contributed by atoms with Gasteiger partial charge in [0.1, 0.15) is 5.52 Å². The van der Waals surface area contributed by atoms with Crippen molar-refractivity contribution in [1.29, 1.82) is 0 Å². The van der Waals surface area contributed by atoms with E-state index in [4.69, 9.17) is 0 Å². The van der Waals surface area contributed by atoms with Crippen LogP contribution in [0.3, 0.4) is 0 Å². The van der Waals surface area contributed by atoms with Gasteiger partial charge in [0.15, 0.2) is 0 Å². The van der Waals surface area contributed by atoms with Crippen LogP contribution in [0.15, 0.2) is 30.9 Å². The molecule has 0 unspecified atom stereocenters. The van der Waals surface area contributed by atoms with Gasteiger partial charge in [0.2, 0.25) is 0 Å². The molecular weight excluding hydrogens is 164 g/mol. The van der Waals surface area contributed by atoms with Gasteiger partial charge in [-0.05, 0) is 6.07 Å². The minimum Gasteiger partial charge on any atom is -0.276 e. The highest BCUT2D eigenvalue weighted by atomic mass is 15.1. The van der Waals surface area contributed by atoms with Gasteiger partial charge in [-0.25, -0.2) is 0 Å². The monoisotopic (exact) mass is 170 g/mol. The number of hydrogen-bond donors (Lipinski definition) is 1. The summed E-state index contributed by atoms with van der Waals surface area (Å²) in [5.41, 5.74) is 1.86. The molecule has 0 fully saturated rings. The Labute approximate surface area is 73.6 Å². The van der Waals surface area contributed by atoms with Gasteiger partial charge in [0, 0.05) is 29.4 Å². The minimum absolute atomic E-state index is 0.888. The van der Waals surface area contributed by atoms with E-state index in [1.54, 1.807) is 24.8 Å². The largest absolute Gasteiger partial charge is 0.276 e. The lowest BCUT2D eigenvalue weighted by Gasteiger charge is -1.95. The number of pyridine rings is 2. The van der Waals surface area contributed by atoms with Crippen LogP contribution in [0.4, 0.5) is 0 Å². The molecule has 3 rings (SSSR count). The van der Waals surface area contributed by atoms with Crippen molar-refractivity contribution < 1.29 is 0 Å². The Morgan fingerprint density at radius 3 is 3.15 bits per heavy atom. The van der Waals surface area contributed by atoms with Crippen molar-refractivity contribution in [2.45, 2.75) is 0 Å². The Bertz CT molecular complexity index is 570. The highest BCUT2D eigenvalue weighted by molar-refractivity contribution is 6.02. The number of nitrogens with zero attached hydrogens (tertiary/aromatic N) is 3. The van der Waals surface area contributed by atoms with Gasteiger partial charge < -0.3 is 0 Å². The maximum atomic E-state index is 4.24. The lowest BCUT2D eigenvalue weighted by molar-refractivity contribution is 1.12. The zero-order valence-corrected chi connectivity index (χ0v) is 6.73. The summed E-state index contributed by atoms with van der Waals surface area (Å²) < 4.78 is 0. The molecule has 0 amide bonds. The molecular formula is C9H6N4. The molecule has 0 aromatic carbocycles. The van der Waals surface area contributed by atoms with E-state index >= 15 is 0 Å². The first-order valence-corrected chi connectivity index (χ1v) is 3.97. The van der Waals surface area contributed by atoms with E-state index in [0.717, 1.165) is 21.8 Å². The van der Waals surface area contributed by atoms with E-state index in [9.17, 15) is 0 Å². The summed E-state index contributed by atoms with van der Waals surface area (Å²) in [5.74, 6) is 0. The zero-order valence-electron chi connectivity index (χ0n) is 6.73. The lowest BCUT2D eigenvalue weighted by atomic mass is 10.2. The number of aromatic amines is 1. The summed E-state index contributed by atoms with van der Waals surface area (Å²) in [7, 11) is 0. The Morgan fingerprint density at radius 2 is 2.15 bits per heavy atom. The van der Waals surface area contributed by atoms with Crippen LogP contribution in [0.5, 0.6) is 0 Å². The molecule has 0 radical (unpaired) electrons. The fourth-order valence-electron chi connectivity index (χ4n) is 1.45. The molecule has 0 aliphatic carbocycles. The molecule has 3 heterocycles. The Balaban J connectivity index is 2.65. The van der Waals surface area contributed by atoms with Gasteiger partial charge in [-0.2, -0.15) is 5.10 Å². The third kappa shape index (κ3) is 0.823. The molecule has 1 N–H and O–H groups in total. The summed E-state index contributed by atoms with van der Waals surface area (Å²) in [6, 6.07) is 1.96. The topological polar surface area (TPSA) is 54.5 Å². The van der Waals surface area contributed by atoms with Crippen molar-refractivity contribution in [1.82, 2.24) is 20.2 Å². The van der Waals surface area contributed by atoms with Gasteiger partial charge in [0.25, 0.3) is 0 Å². The van der Waals surface area contributed by atoms with E-state index in [0.29, 0.717) is 0 Å². The molecule has 0 atom stereocenters. The minimum atomic E-state index is 0.888. The Kier molecular flexibility index (Phi) is 1.14. The standard InChI is InChI=1S/C9H6N4/c1-2-10-3-6-4-11-8-5-12-13-9(8)7(1)6/h1-5H,(H,12,13). The number of H-pyrrole nitrogens is 1. The first-order valence-electron chi connectivity index (χ1n) is 3.97. The molecule has 0 saturated carbocycles. The number of hydrogen-bond acceptors (Lipinski definition) is 3. The van der Waals surface area contributed by atoms with Crippen molar-refractivity contribution in [3.8, 4) is 0 Å². The first-order chi connectivity index (χ1) is 6.45. The summed E-state index contributed by atoms with van der Waals surface area (Å²) in [6.07, 6.45) is 7.08. The fourth-order valence-corrected chi connectivity index (χ4v) is 1.45. The van der Waals surface area contributed by atoms with Crippen molar-refractivity contribution in [2.75, 3.05) is 0 Å². The smallest absolute Gasteiger partial charge is 0.109 e. The normalized spacial score (nSPS) is 11.1. The van der Waals surface area contributed by atoms with Gasteiger partial charge in [-0.3, -0.25) is 15.1 Å². The zero-order chi connectivity index (χ0) is 8.67. The molecule has 4 heteroatoms. The quantitative estimate of drug-likeness (QED) is 0.556. The lowest BCUT2D eigenvalue weighted by Crippen LogP contribution is -1.80. The Hall–Kier alpha value is -1.97. The second kappa shape index (κ2) is 2.26. The number of nitrogens with one attached hydrogen (secondary N) is 1. The summed E-state index contributed by atoms with van der Waals surface area (Å²) in [6.45, 7) is 0. The molecule has 13 heavy (non-hydrogen) atoms. The van der Waals surface area contributed by atoms with Gasteiger partial charge in [-0.15, -0.1) is 0 Å². The van der Waals surface area contributed by atoms with Gasteiger partial charge in [0.05, 0.1) is 11.7 Å².